The maximum Gasteiger partial charge on any atom is 0.359 e. The van der Waals surface area contributed by atoms with E-state index in [1.54, 1.807) is 19.2 Å². The number of imide groups is 1. The third-order valence-corrected chi connectivity index (χ3v) is 2.23. The number of alkyl halides is 1. The van der Waals surface area contributed by atoms with Gasteiger partial charge in [0, 0.05) is 0 Å². The van der Waals surface area contributed by atoms with Gasteiger partial charge in [-0.2, -0.15) is 0 Å². The van der Waals surface area contributed by atoms with Crippen molar-refractivity contribution in [1.82, 2.24) is 10.6 Å². The van der Waals surface area contributed by atoms with Gasteiger partial charge in [0.2, 0.25) is 0 Å². The van der Waals surface area contributed by atoms with Crippen molar-refractivity contribution in [1.29, 1.82) is 0 Å². The van der Waals surface area contributed by atoms with Crippen LogP contribution < -0.4 is 10.6 Å². The van der Waals surface area contributed by atoms with Crippen LogP contribution in [0.15, 0.2) is 0 Å². The second kappa shape index (κ2) is 5.52. The lowest BCUT2D eigenvalue weighted by Gasteiger charge is -2.35. The standard InChI is InChI=1S/C11H17FN2O5/c1-5(2)18-8-11(12,9(16)19-6(3)4)7(15)13-10(17)14-8/h5-6,8H,1-4H3,(H2,13,14,15,17). The molecule has 0 saturated carbocycles. The van der Waals surface area contributed by atoms with Crippen molar-refractivity contribution in [3.8, 4) is 0 Å². The molecule has 2 unspecified atom stereocenters. The zero-order valence-electron chi connectivity index (χ0n) is 11.2. The fraction of sp³-hybridized carbons (Fsp3) is 0.727. The number of rotatable bonds is 4. The van der Waals surface area contributed by atoms with Gasteiger partial charge in [-0.25, -0.2) is 14.0 Å². The summed E-state index contributed by atoms with van der Waals surface area (Å²) in [6.45, 7) is 6.18. The Hall–Kier alpha value is -1.70. The number of carbonyl (C=O) groups excluding carboxylic acids is 3. The fourth-order valence-electron chi connectivity index (χ4n) is 1.47. The van der Waals surface area contributed by atoms with Crippen molar-refractivity contribution in [2.45, 2.75) is 51.8 Å². The number of hydrogen-bond donors (Lipinski definition) is 2. The molecule has 0 aromatic carbocycles. The number of halogens is 1. The lowest BCUT2D eigenvalue weighted by molar-refractivity contribution is -0.185. The van der Waals surface area contributed by atoms with Gasteiger partial charge < -0.3 is 14.8 Å². The van der Waals surface area contributed by atoms with Crippen molar-refractivity contribution in [2.24, 2.45) is 0 Å². The van der Waals surface area contributed by atoms with Crippen LogP contribution in [0.4, 0.5) is 9.18 Å². The molecule has 1 fully saturated rings. The molecule has 7 nitrogen and oxygen atoms in total. The first-order chi connectivity index (χ1) is 8.67. The molecule has 0 bridgehead atoms. The predicted octanol–water partition coefficient (Wildman–Crippen LogP) is 0.237. The van der Waals surface area contributed by atoms with Crippen LogP contribution in [-0.4, -0.2) is 42.0 Å². The number of ether oxygens (including phenoxy) is 2. The topological polar surface area (TPSA) is 93.7 Å². The van der Waals surface area contributed by atoms with Gasteiger partial charge in [-0.3, -0.25) is 10.1 Å². The van der Waals surface area contributed by atoms with Crippen LogP contribution in [0.5, 0.6) is 0 Å². The molecule has 3 amide bonds. The minimum Gasteiger partial charge on any atom is -0.460 e. The number of hydrogen-bond acceptors (Lipinski definition) is 5. The van der Waals surface area contributed by atoms with E-state index < -0.39 is 42.0 Å². The number of nitrogens with one attached hydrogen (secondary N) is 2. The molecule has 1 aliphatic rings. The van der Waals surface area contributed by atoms with E-state index in [1.807, 2.05) is 0 Å². The molecule has 2 N–H and O–H groups in total. The molecule has 8 heteroatoms. The number of amides is 3. The van der Waals surface area contributed by atoms with Crippen LogP contribution in [0.1, 0.15) is 27.7 Å². The maximum absolute atomic E-state index is 14.7. The SMILES string of the molecule is CC(C)OC(=O)C1(F)C(=O)NC(=O)NC1OC(C)C. The minimum absolute atomic E-state index is 0.502. The summed E-state index contributed by atoms with van der Waals surface area (Å²) in [5.74, 6) is -2.79. The van der Waals surface area contributed by atoms with Crippen LogP contribution in [-0.2, 0) is 19.1 Å². The van der Waals surface area contributed by atoms with Gasteiger partial charge in [0.05, 0.1) is 12.2 Å². The van der Waals surface area contributed by atoms with Crippen molar-refractivity contribution < 1.29 is 28.2 Å². The third-order valence-electron chi connectivity index (χ3n) is 2.23. The average molecular weight is 276 g/mol. The number of esters is 1. The van der Waals surface area contributed by atoms with E-state index in [9.17, 15) is 18.8 Å². The van der Waals surface area contributed by atoms with E-state index in [2.05, 4.69) is 5.32 Å². The summed E-state index contributed by atoms with van der Waals surface area (Å²) in [6.07, 6.45) is -2.83. The normalized spacial score (nSPS) is 27.2. The van der Waals surface area contributed by atoms with Gasteiger partial charge in [0.15, 0.2) is 6.23 Å². The Morgan fingerprint density at radius 3 is 2.32 bits per heavy atom. The summed E-state index contributed by atoms with van der Waals surface area (Å²) >= 11 is 0. The summed E-state index contributed by atoms with van der Waals surface area (Å²) in [4.78, 5) is 34.5. The van der Waals surface area contributed by atoms with Crippen molar-refractivity contribution >= 4 is 17.9 Å². The molecule has 2 atom stereocenters. The highest BCUT2D eigenvalue weighted by Gasteiger charge is 2.60. The summed E-state index contributed by atoms with van der Waals surface area (Å²) in [5, 5.41) is 3.74. The van der Waals surface area contributed by atoms with Gasteiger partial charge in [0.25, 0.3) is 5.91 Å². The van der Waals surface area contributed by atoms with E-state index in [4.69, 9.17) is 9.47 Å². The molecule has 0 aliphatic carbocycles. The van der Waals surface area contributed by atoms with Crippen molar-refractivity contribution in [3.05, 3.63) is 0 Å². The van der Waals surface area contributed by atoms with Crippen LogP contribution in [0, 0.1) is 0 Å². The first-order valence-electron chi connectivity index (χ1n) is 5.85. The molecule has 0 aromatic heterocycles. The van der Waals surface area contributed by atoms with E-state index in [1.165, 1.54) is 13.8 Å². The van der Waals surface area contributed by atoms with E-state index >= 15 is 0 Å². The van der Waals surface area contributed by atoms with Crippen LogP contribution in [0.25, 0.3) is 0 Å². The Labute approximate surface area is 109 Å². The maximum atomic E-state index is 14.7. The van der Waals surface area contributed by atoms with E-state index in [-0.39, 0.29) is 0 Å². The largest absolute Gasteiger partial charge is 0.460 e. The Morgan fingerprint density at radius 1 is 1.26 bits per heavy atom. The van der Waals surface area contributed by atoms with Gasteiger partial charge >= 0.3 is 17.7 Å². The third kappa shape index (κ3) is 3.19. The molecular formula is C11H17FN2O5. The average Bonchev–Trinajstić information content (AvgIpc) is 2.23. The zero-order valence-corrected chi connectivity index (χ0v) is 11.2. The Bertz CT molecular complexity index is 399. The zero-order chi connectivity index (χ0) is 14.8. The fourth-order valence-corrected chi connectivity index (χ4v) is 1.47. The molecule has 0 aromatic rings. The smallest absolute Gasteiger partial charge is 0.359 e. The second-order valence-electron chi connectivity index (χ2n) is 4.66. The molecule has 1 aliphatic heterocycles. The van der Waals surface area contributed by atoms with Crippen LogP contribution >= 0.6 is 0 Å². The highest BCUT2D eigenvalue weighted by molar-refractivity contribution is 6.14. The van der Waals surface area contributed by atoms with Crippen LogP contribution in [0.3, 0.4) is 0 Å². The summed E-state index contributed by atoms with van der Waals surface area (Å²) in [6, 6.07) is -0.929. The minimum atomic E-state index is -3.11. The van der Waals surface area contributed by atoms with E-state index in [0.717, 1.165) is 0 Å². The van der Waals surface area contributed by atoms with Crippen molar-refractivity contribution in [2.75, 3.05) is 0 Å². The van der Waals surface area contributed by atoms with Gasteiger partial charge in [0.1, 0.15) is 0 Å². The summed E-state index contributed by atoms with van der Waals surface area (Å²) in [5.41, 5.74) is -3.11. The van der Waals surface area contributed by atoms with E-state index in [0.29, 0.717) is 0 Å². The molecule has 108 valence electrons. The lowest BCUT2D eigenvalue weighted by atomic mass is 10.0. The highest BCUT2D eigenvalue weighted by Crippen LogP contribution is 2.24. The molecule has 0 spiro atoms. The van der Waals surface area contributed by atoms with Gasteiger partial charge in [-0.15, -0.1) is 0 Å². The van der Waals surface area contributed by atoms with Crippen LogP contribution in [0.2, 0.25) is 0 Å². The summed E-state index contributed by atoms with van der Waals surface area (Å²) < 4.78 is 24.5. The summed E-state index contributed by atoms with van der Waals surface area (Å²) in [7, 11) is 0. The molecule has 1 rings (SSSR count). The highest BCUT2D eigenvalue weighted by atomic mass is 19.1. The number of carbonyl (C=O) groups is 3. The first-order valence-corrected chi connectivity index (χ1v) is 5.85. The second-order valence-corrected chi connectivity index (χ2v) is 4.66. The molecule has 19 heavy (non-hydrogen) atoms. The monoisotopic (exact) mass is 276 g/mol. The molecule has 0 radical (unpaired) electrons. The molecule has 1 heterocycles. The van der Waals surface area contributed by atoms with Crippen molar-refractivity contribution in [3.63, 3.8) is 0 Å². The molecule has 1 saturated heterocycles. The lowest BCUT2D eigenvalue weighted by Crippen LogP contribution is -2.71. The Kier molecular flexibility index (Phi) is 4.46. The molecular weight excluding hydrogens is 259 g/mol. The predicted molar refractivity (Wildman–Crippen MR) is 61.8 cm³/mol. The van der Waals surface area contributed by atoms with Gasteiger partial charge in [-0.1, -0.05) is 0 Å². The Balaban J connectivity index is 3.04. The quantitative estimate of drug-likeness (QED) is 0.566. The number of urea groups is 1. The van der Waals surface area contributed by atoms with Gasteiger partial charge in [-0.05, 0) is 27.7 Å². The first kappa shape index (κ1) is 15.4. The Morgan fingerprint density at radius 2 is 1.84 bits per heavy atom.